The standard InChI is InChI=1S/C26H32N2O/c1-4-28(5-2)26(29)21-13-11-20(12-14-21)25(19-9-7-6-8-10-19)22-17-23-15-16-24(18-22)27(23)3/h6-14,23-24H,4-5,15-18H2,1-3H3. The molecule has 152 valence electrons. The molecule has 1 amide bonds. The molecule has 0 aromatic heterocycles. The van der Waals surface area contributed by atoms with Crippen molar-refractivity contribution in [2.24, 2.45) is 0 Å². The predicted molar refractivity (Wildman–Crippen MR) is 120 cm³/mol. The van der Waals surface area contributed by atoms with Crippen LogP contribution in [0.15, 0.2) is 60.2 Å². The Morgan fingerprint density at radius 3 is 1.93 bits per heavy atom. The molecule has 2 saturated heterocycles. The fourth-order valence-electron chi connectivity index (χ4n) is 5.09. The molecule has 3 heteroatoms. The van der Waals surface area contributed by atoms with Crippen LogP contribution < -0.4 is 0 Å². The minimum atomic E-state index is 0.118. The van der Waals surface area contributed by atoms with Crippen LogP contribution in [-0.2, 0) is 0 Å². The Labute approximate surface area is 175 Å². The normalized spacial score (nSPS) is 21.3. The fraction of sp³-hybridized carbons (Fsp3) is 0.423. The Balaban J connectivity index is 1.72. The molecule has 4 rings (SSSR count). The summed E-state index contributed by atoms with van der Waals surface area (Å²) < 4.78 is 0. The van der Waals surface area contributed by atoms with Gasteiger partial charge in [0, 0.05) is 30.7 Å². The van der Waals surface area contributed by atoms with Crippen molar-refractivity contribution in [2.75, 3.05) is 20.1 Å². The van der Waals surface area contributed by atoms with Gasteiger partial charge in [-0.25, -0.2) is 0 Å². The van der Waals surface area contributed by atoms with E-state index in [0.29, 0.717) is 12.1 Å². The third-order valence-corrected chi connectivity index (χ3v) is 6.84. The predicted octanol–water partition coefficient (Wildman–Crippen LogP) is 5.23. The van der Waals surface area contributed by atoms with Crippen molar-refractivity contribution in [1.82, 2.24) is 9.80 Å². The summed E-state index contributed by atoms with van der Waals surface area (Å²) in [4.78, 5) is 17.2. The number of piperidine rings is 1. The molecular formula is C26H32N2O. The molecule has 2 heterocycles. The third kappa shape index (κ3) is 3.89. The van der Waals surface area contributed by atoms with Gasteiger partial charge in [0.25, 0.3) is 5.91 Å². The van der Waals surface area contributed by atoms with E-state index in [9.17, 15) is 4.79 Å². The van der Waals surface area contributed by atoms with Crippen molar-refractivity contribution in [2.45, 2.75) is 51.6 Å². The first-order chi connectivity index (χ1) is 14.1. The number of benzene rings is 2. The van der Waals surface area contributed by atoms with Gasteiger partial charge in [-0.2, -0.15) is 0 Å². The SMILES string of the molecule is CCN(CC)C(=O)c1ccc(C(=C2CC3CCC(C2)N3C)c2ccccc2)cc1. The van der Waals surface area contributed by atoms with Crippen molar-refractivity contribution < 1.29 is 4.79 Å². The highest BCUT2D eigenvalue weighted by atomic mass is 16.2. The Kier molecular flexibility index (Phi) is 5.86. The van der Waals surface area contributed by atoms with E-state index in [2.05, 4.69) is 54.4 Å². The minimum absolute atomic E-state index is 0.118. The molecule has 2 bridgehead atoms. The number of rotatable bonds is 5. The Morgan fingerprint density at radius 1 is 0.862 bits per heavy atom. The van der Waals surface area contributed by atoms with E-state index in [-0.39, 0.29) is 5.91 Å². The van der Waals surface area contributed by atoms with Gasteiger partial charge in [0.1, 0.15) is 0 Å². The molecule has 29 heavy (non-hydrogen) atoms. The molecule has 0 saturated carbocycles. The van der Waals surface area contributed by atoms with Crippen LogP contribution in [0.2, 0.25) is 0 Å². The third-order valence-electron chi connectivity index (χ3n) is 6.84. The molecule has 2 aliphatic rings. The summed E-state index contributed by atoms with van der Waals surface area (Å²) in [7, 11) is 2.29. The van der Waals surface area contributed by atoms with Crippen LogP contribution in [0, 0.1) is 0 Å². The van der Waals surface area contributed by atoms with Gasteiger partial charge < -0.3 is 4.90 Å². The van der Waals surface area contributed by atoms with Gasteiger partial charge in [-0.05, 0) is 75.4 Å². The molecule has 2 aromatic carbocycles. The zero-order chi connectivity index (χ0) is 20.4. The molecule has 0 N–H and O–H groups in total. The summed E-state index contributed by atoms with van der Waals surface area (Å²) in [5.74, 6) is 0.118. The molecule has 3 nitrogen and oxygen atoms in total. The smallest absolute Gasteiger partial charge is 0.253 e. The molecular weight excluding hydrogens is 356 g/mol. The van der Waals surface area contributed by atoms with Crippen molar-refractivity contribution in [1.29, 1.82) is 0 Å². The summed E-state index contributed by atoms with van der Waals surface area (Å²) in [5, 5.41) is 0. The summed E-state index contributed by atoms with van der Waals surface area (Å²) >= 11 is 0. The van der Waals surface area contributed by atoms with Crippen LogP contribution in [0.5, 0.6) is 0 Å². The maximum Gasteiger partial charge on any atom is 0.253 e. The lowest BCUT2D eigenvalue weighted by Gasteiger charge is -2.34. The quantitative estimate of drug-likeness (QED) is 0.700. The number of hydrogen-bond acceptors (Lipinski definition) is 2. The fourth-order valence-corrected chi connectivity index (χ4v) is 5.09. The Morgan fingerprint density at radius 2 is 1.38 bits per heavy atom. The summed E-state index contributed by atoms with van der Waals surface area (Å²) in [5.41, 5.74) is 6.24. The zero-order valence-electron chi connectivity index (χ0n) is 17.9. The van der Waals surface area contributed by atoms with Gasteiger partial charge >= 0.3 is 0 Å². The second-order valence-corrected chi connectivity index (χ2v) is 8.36. The first kappa shape index (κ1) is 19.9. The van der Waals surface area contributed by atoms with E-state index in [1.54, 1.807) is 5.57 Å². The highest BCUT2D eigenvalue weighted by molar-refractivity contribution is 5.95. The molecule has 2 unspecified atom stereocenters. The number of amides is 1. The van der Waals surface area contributed by atoms with Gasteiger partial charge in [0.2, 0.25) is 0 Å². The van der Waals surface area contributed by atoms with Crippen LogP contribution in [0.4, 0.5) is 0 Å². The van der Waals surface area contributed by atoms with Gasteiger partial charge in [-0.15, -0.1) is 0 Å². The van der Waals surface area contributed by atoms with Crippen LogP contribution in [0.1, 0.15) is 61.0 Å². The van der Waals surface area contributed by atoms with Crippen molar-refractivity contribution in [3.05, 3.63) is 76.9 Å². The van der Waals surface area contributed by atoms with E-state index in [1.165, 1.54) is 29.5 Å². The summed E-state index contributed by atoms with van der Waals surface area (Å²) in [6.45, 7) is 5.55. The summed E-state index contributed by atoms with van der Waals surface area (Å²) in [6.07, 6.45) is 4.92. The maximum atomic E-state index is 12.7. The average Bonchev–Trinajstić information content (AvgIpc) is 2.96. The first-order valence-corrected chi connectivity index (χ1v) is 11.0. The molecule has 0 aliphatic carbocycles. The zero-order valence-corrected chi connectivity index (χ0v) is 17.9. The van der Waals surface area contributed by atoms with Crippen LogP contribution >= 0.6 is 0 Å². The number of carbonyl (C=O) groups excluding carboxylic acids is 1. The average molecular weight is 389 g/mol. The number of carbonyl (C=O) groups is 1. The Bertz CT molecular complexity index is 865. The van der Waals surface area contributed by atoms with E-state index < -0.39 is 0 Å². The molecule has 0 radical (unpaired) electrons. The lowest BCUT2D eigenvalue weighted by Crippen LogP contribution is -2.37. The molecule has 2 fully saturated rings. The number of nitrogens with zero attached hydrogens (tertiary/aromatic N) is 2. The first-order valence-electron chi connectivity index (χ1n) is 11.0. The highest BCUT2D eigenvalue weighted by Crippen LogP contribution is 2.42. The Hall–Kier alpha value is -2.39. The van der Waals surface area contributed by atoms with Gasteiger partial charge in [0.05, 0.1) is 0 Å². The van der Waals surface area contributed by atoms with E-state index >= 15 is 0 Å². The molecule has 2 atom stereocenters. The van der Waals surface area contributed by atoms with Gasteiger partial charge in [-0.3, -0.25) is 9.69 Å². The lowest BCUT2D eigenvalue weighted by molar-refractivity contribution is 0.0773. The van der Waals surface area contributed by atoms with E-state index in [1.807, 2.05) is 30.9 Å². The minimum Gasteiger partial charge on any atom is -0.339 e. The topological polar surface area (TPSA) is 23.6 Å². The van der Waals surface area contributed by atoms with Crippen molar-refractivity contribution in [3.63, 3.8) is 0 Å². The van der Waals surface area contributed by atoms with E-state index in [4.69, 9.17) is 0 Å². The van der Waals surface area contributed by atoms with Gasteiger partial charge in [-0.1, -0.05) is 48.0 Å². The van der Waals surface area contributed by atoms with Crippen LogP contribution in [-0.4, -0.2) is 47.9 Å². The largest absolute Gasteiger partial charge is 0.339 e. The molecule has 2 aliphatic heterocycles. The van der Waals surface area contributed by atoms with Crippen LogP contribution in [0.3, 0.4) is 0 Å². The second kappa shape index (κ2) is 8.54. The highest BCUT2D eigenvalue weighted by Gasteiger charge is 2.37. The monoisotopic (exact) mass is 388 g/mol. The second-order valence-electron chi connectivity index (χ2n) is 8.36. The van der Waals surface area contributed by atoms with Crippen molar-refractivity contribution >= 4 is 11.5 Å². The van der Waals surface area contributed by atoms with Gasteiger partial charge in [0.15, 0.2) is 0 Å². The van der Waals surface area contributed by atoms with E-state index in [0.717, 1.165) is 31.5 Å². The molecule has 0 spiro atoms. The van der Waals surface area contributed by atoms with Crippen LogP contribution in [0.25, 0.3) is 5.57 Å². The number of hydrogen-bond donors (Lipinski definition) is 0. The maximum absolute atomic E-state index is 12.7. The number of fused-ring (bicyclic) bond motifs is 2. The lowest BCUT2D eigenvalue weighted by atomic mass is 9.85. The van der Waals surface area contributed by atoms with Crippen molar-refractivity contribution in [3.8, 4) is 0 Å². The summed E-state index contributed by atoms with van der Waals surface area (Å²) in [6, 6.07) is 20.4. The molecule has 2 aromatic rings.